The number of esters is 1. The summed E-state index contributed by atoms with van der Waals surface area (Å²) in [6.45, 7) is 3.85. The molecule has 2 N–H and O–H groups in total. The number of hydrogen-bond donors (Lipinski definition) is 1. The fourth-order valence-electron chi connectivity index (χ4n) is 2.21. The molecule has 1 heterocycles. The van der Waals surface area contributed by atoms with E-state index in [2.05, 4.69) is 0 Å². The Morgan fingerprint density at radius 3 is 2.62 bits per heavy atom. The smallest absolute Gasteiger partial charge is 0.320 e. The first-order valence-electron chi connectivity index (χ1n) is 6.77. The average Bonchev–Trinajstić information content (AvgIpc) is 2.74. The van der Waals surface area contributed by atoms with E-state index in [1.54, 1.807) is 22.4 Å². The number of aromatic nitrogens is 2. The molecular weight excluding hydrogens is 270 g/mol. The van der Waals surface area contributed by atoms with Gasteiger partial charge in [0.05, 0.1) is 18.8 Å². The van der Waals surface area contributed by atoms with Crippen molar-refractivity contribution in [2.24, 2.45) is 5.73 Å². The monoisotopic (exact) mass is 289 g/mol. The Morgan fingerprint density at radius 2 is 2.00 bits per heavy atom. The lowest BCUT2D eigenvalue weighted by atomic mass is 10.3. The lowest BCUT2D eigenvalue weighted by Crippen LogP contribution is -2.29. The van der Waals surface area contributed by atoms with Crippen molar-refractivity contribution in [2.75, 3.05) is 6.54 Å². The quantitative estimate of drug-likeness (QED) is 0.827. The highest BCUT2D eigenvalue weighted by Gasteiger charge is 2.15. The molecule has 0 fully saturated rings. The summed E-state index contributed by atoms with van der Waals surface area (Å²) in [6.07, 6.45) is -0.374. The van der Waals surface area contributed by atoms with E-state index in [1.165, 1.54) is 0 Å². The normalized spacial score (nSPS) is 12.1. The maximum absolute atomic E-state index is 12.1. The highest BCUT2D eigenvalue weighted by Crippen LogP contribution is 2.09. The van der Waals surface area contributed by atoms with Gasteiger partial charge in [0.25, 0.3) is 5.56 Å². The van der Waals surface area contributed by atoms with Gasteiger partial charge in [0.2, 0.25) is 0 Å². The number of aryl methyl sites for hydroxylation is 1. The lowest BCUT2D eigenvalue weighted by Gasteiger charge is -2.18. The molecule has 2 aromatic rings. The van der Waals surface area contributed by atoms with E-state index < -0.39 is 5.97 Å². The van der Waals surface area contributed by atoms with Crippen LogP contribution in [-0.2, 0) is 16.1 Å². The molecular formula is C15H19N3O3. The van der Waals surface area contributed by atoms with Crippen LogP contribution < -0.4 is 11.3 Å². The standard InChI is InChI=1S/C15H19N3O3/c1-11-8-14(19)18(13-6-4-3-5-7-13)17(11)10-12(2)21-15(20)9-16/h3-8,12H,9-10,16H2,1-2H3/t12-/m1/s1. The number of rotatable bonds is 5. The predicted molar refractivity (Wildman–Crippen MR) is 79.4 cm³/mol. The molecule has 6 heteroatoms. The SMILES string of the molecule is Cc1cc(=O)n(-c2ccccc2)n1C[C@@H](C)OC(=O)CN. The molecule has 0 bridgehead atoms. The van der Waals surface area contributed by atoms with E-state index in [0.29, 0.717) is 6.54 Å². The Hall–Kier alpha value is -2.34. The van der Waals surface area contributed by atoms with Gasteiger partial charge >= 0.3 is 5.97 Å². The zero-order chi connectivity index (χ0) is 15.4. The van der Waals surface area contributed by atoms with Gasteiger partial charge in [-0.2, -0.15) is 0 Å². The molecule has 0 amide bonds. The molecule has 1 atom stereocenters. The Labute approximate surface area is 122 Å². The number of carbonyl (C=O) groups is 1. The molecule has 2 rings (SSSR count). The molecule has 21 heavy (non-hydrogen) atoms. The van der Waals surface area contributed by atoms with E-state index in [0.717, 1.165) is 11.4 Å². The zero-order valence-electron chi connectivity index (χ0n) is 12.2. The van der Waals surface area contributed by atoms with E-state index in [9.17, 15) is 9.59 Å². The van der Waals surface area contributed by atoms with Crippen molar-refractivity contribution >= 4 is 5.97 Å². The van der Waals surface area contributed by atoms with Crippen molar-refractivity contribution in [3.05, 3.63) is 52.4 Å². The van der Waals surface area contributed by atoms with Gasteiger partial charge in [-0.3, -0.25) is 14.3 Å². The van der Waals surface area contributed by atoms with Gasteiger partial charge in [-0.05, 0) is 26.0 Å². The van der Waals surface area contributed by atoms with Crippen molar-refractivity contribution in [3.8, 4) is 5.69 Å². The van der Waals surface area contributed by atoms with Gasteiger partial charge in [0.15, 0.2) is 0 Å². The van der Waals surface area contributed by atoms with Gasteiger partial charge in [0, 0.05) is 11.8 Å². The van der Waals surface area contributed by atoms with Crippen LogP contribution in [0.25, 0.3) is 5.69 Å². The van der Waals surface area contributed by atoms with Crippen LogP contribution in [0.4, 0.5) is 0 Å². The number of benzene rings is 1. The van der Waals surface area contributed by atoms with Gasteiger partial charge < -0.3 is 10.5 Å². The molecule has 0 saturated carbocycles. The van der Waals surface area contributed by atoms with Crippen molar-refractivity contribution in [1.29, 1.82) is 0 Å². The fourth-order valence-corrected chi connectivity index (χ4v) is 2.21. The molecule has 112 valence electrons. The first kappa shape index (κ1) is 15.1. The number of nitrogens with two attached hydrogens (primary N) is 1. The molecule has 1 aromatic carbocycles. The van der Waals surface area contributed by atoms with Crippen LogP contribution in [-0.4, -0.2) is 28.0 Å². The summed E-state index contributed by atoms with van der Waals surface area (Å²) in [5, 5.41) is 0. The Bertz CT molecular complexity index is 673. The second-order valence-corrected chi connectivity index (χ2v) is 4.86. The number of nitrogens with zero attached hydrogens (tertiary/aromatic N) is 2. The van der Waals surface area contributed by atoms with E-state index in [4.69, 9.17) is 10.5 Å². The van der Waals surface area contributed by atoms with Crippen molar-refractivity contribution < 1.29 is 9.53 Å². The predicted octanol–water partition coefficient (Wildman–Crippen LogP) is 0.838. The van der Waals surface area contributed by atoms with Gasteiger partial charge in [-0.15, -0.1) is 0 Å². The minimum atomic E-state index is -0.457. The Balaban J connectivity index is 2.32. The van der Waals surface area contributed by atoms with Crippen LogP contribution in [0.5, 0.6) is 0 Å². The zero-order valence-corrected chi connectivity index (χ0v) is 12.2. The number of hydrogen-bond acceptors (Lipinski definition) is 4. The first-order chi connectivity index (χ1) is 10.0. The van der Waals surface area contributed by atoms with Crippen LogP contribution in [0.15, 0.2) is 41.2 Å². The molecule has 0 aliphatic rings. The minimum Gasteiger partial charge on any atom is -0.460 e. The molecule has 6 nitrogen and oxygen atoms in total. The van der Waals surface area contributed by atoms with Gasteiger partial charge in [-0.25, -0.2) is 4.68 Å². The summed E-state index contributed by atoms with van der Waals surface area (Å²) in [5.74, 6) is -0.457. The topological polar surface area (TPSA) is 79.2 Å². The minimum absolute atomic E-state index is 0.115. The fraction of sp³-hybridized carbons (Fsp3) is 0.333. The largest absolute Gasteiger partial charge is 0.460 e. The summed E-state index contributed by atoms with van der Waals surface area (Å²) in [6, 6.07) is 10.9. The van der Waals surface area contributed by atoms with Crippen LogP contribution in [0, 0.1) is 6.92 Å². The summed E-state index contributed by atoms with van der Waals surface area (Å²) in [4.78, 5) is 23.4. The molecule has 0 unspecified atom stereocenters. The van der Waals surface area contributed by atoms with E-state index in [1.807, 2.05) is 37.3 Å². The number of ether oxygens (including phenoxy) is 1. The Kier molecular flexibility index (Phi) is 4.59. The van der Waals surface area contributed by atoms with Crippen molar-refractivity contribution in [3.63, 3.8) is 0 Å². The van der Waals surface area contributed by atoms with Crippen molar-refractivity contribution in [1.82, 2.24) is 9.36 Å². The number of carbonyl (C=O) groups excluding carboxylic acids is 1. The van der Waals surface area contributed by atoms with Gasteiger partial charge in [-0.1, -0.05) is 18.2 Å². The van der Waals surface area contributed by atoms with E-state index in [-0.39, 0.29) is 18.2 Å². The number of para-hydroxylation sites is 1. The summed E-state index contributed by atoms with van der Waals surface area (Å²) in [5.41, 5.74) is 6.69. The second kappa shape index (κ2) is 6.41. The van der Waals surface area contributed by atoms with Crippen LogP contribution in [0.1, 0.15) is 12.6 Å². The van der Waals surface area contributed by atoms with Crippen LogP contribution >= 0.6 is 0 Å². The first-order valence-corrected chi connectivity index (χ1v) is 6.77. The molecule has 0 spiro atoms. The van der Waals surface area contributed by atoms with Gasteiger partial charge in [0.1, 0.15) is 6.10 Å². The summed E-state index contributed by atoms with van der Waals surface area (Å²) >= 11 is 0. The highest BCUT2D eigenvalue weighted by atomic mass is 16.5. The molecule has 1 aromatic heterocycles. The maximum Gasteiger partial charge on any atom is 0.320 e. The Morgan fingerprint density at radius 1 is 1.33 bits per heavy atom. The van der Waals surface area contributed by atoms with E-state index >= 15 is 0 Å². The van der Waals surface area contributed by atoms with Crippen LogP contribution in [0.2, 0.25) is 0 Å². The molecule has 0 saturated heterocycles. The molecule has 0 aliphatic heterocycles. The third-order valence-corrected chi connectivity index (χ3v) is 3.12. The molecule has 0 aliphatic carbocycles. The van der Waals surface area contributed by atoms with Crippen molar-refractivity contribution in [2.45, 2.75) is 26.5 Å². The third-order valence-electron chi connectivity index (χ3n) is 3.12. The average molecular weight is 289 g/mol. The second-order valence-electron chi connectivity index (χ2n) is 4.86. The summed E-state index contributed by atoms with van der Waals surface area (Å²) in [7, 11) is 0. The van der Waals surface area contributed by atoms with Crippen LogP contribution in [0.3, 0.4) is 0 Å². The third kappa shape index (κ3) is 3.41. The lowest BCUT2D eigenvalue weighted by molar-refractivity contribution is -0.147. The summed E-state index contributed by atoms with van der Waals surface area (Å²) < 4.78 is 8.53. The maximum atomic E-state index is 12.1. The molecule has 0 radical (unpaired) electrons. The highest BCUT2D eigenvalue weighted by molar-refractivity contribution is 5.71.